The van der Waals surface area contributed by atoms with Crippen LogP contribution < -0.4 is 9.80 Å². The van der Waals surface area contributed by atoms with Gasteiger partial charge in [-0.1, -0.05) is 17.3 Å². The number of hydrogen-bond donors (Lipinski definition) is 1. The van der Waals surface area contributed by atoms with E-state index in [9.17, 15) is 4.79 Å². The van der Waals surface area contributed by atoms with Crippen molar-refractivity contribution in [3.8, 4) is 0 Å². The fraction of sp³-hybridized carbons (Fsp3) is 0.286. The van der Waals surface area contributed by atoms with Crippen molar-refractivity contribution in [1.29, 1.82) is 0 Å². The van der Waals surface area contributed by atoms with Gasteiger partial charge in [-0.2, -0.15) is 0 Å². The van der Waals surface area contributed by atoms with Crippen LogP contribution in [-0.2, 0) is 6.54 Å². The molecule has 0 bridgehead atoms. The molecule has 6 heteroatoms. The van der Waals surface area contributed by atoms with Gasteiger partial charge in [0, 0.05) is 26.2 Å². The number of carboxylic acid groups (broad SMARTS) is 1. The second kappa shape index (κ2) is 4.88. The van der Waals surface area contributed by atoms with Gasteiger partial charge in [-0.3, -0.25) is 0 Å². The van der Waals surface area contributed by atoms with Crippen molar-refractivity contribution >= 4 is 17.3 Å². The molecular weight excluding hydrogens is 258 g/mol. The number of fused-ring (bicyclic) bond motifs is 1. The average molecular weight is 273 g/mol. The highest BCUT2D eigenvalue weighted by molar-refractivity contribution is 5.85. The maximum absolute atomic E-state index is 10.8. The molecule has 0 radical (unpaired) electrons. The summed E-state index contributed by atoms with van der Waals surface area (Å²) in [6.45, 7) is 2.29. The van der Waals surface area contributed by atoms with E-state index in [4.69, 9.17) is 9.63 Å². The lowest BCUT2D eigenvalue weighted by Crippen LogP contribution is -2.38. The maximum Gasteiger partial charge on any atom is 0.358 e. The van der Waals surface area contributed by atoms with Crippen LogP contribution >= 0.6 is 0 Å². The molecule has 6 nitrogen and oxygen atoms in total. The van der Waals surface area contributed by atoms with E-state index in [0.717, 1.165) is 24.5 Å². The first-order chi connectivity index (χ1) is 9.65. The summed E-state index contributed by atoms with van der Waals surface area (Å²) < 4.78 is 5.08. The molecule has 0 amide bonds. The van der Waals surface area contributed by atoms with Crippen LogP contribution in [-0.4, -0.2) is 36.4 Å². The maximum atomic E-state index is 10.8. The van der Waals surface area contributed by atoms with Gasteiger partial charge < -0.3 is 19.4 Å². The molecule has 0 fully saturated rings. The lowest BCUT2D eigenvalue weighted by molar-refractivity contribution is 0.0685. The van der Waals surface area contributed by atoms with E-state index in [1.807, 2.05) is 12.1 Å². The van der Waals surface area contributed by atoms with Crippen LogP contribution in [0.1, 0.15) is 16.2 Å². The average Bonchev–Trinajstić information content (AvgIpc) is 2.91. The van der Waals surface area contributed by atoms with E-state index >= 15 is 0 Å². The van der Waals surface area contributed by atoms with Gasteiger partial charge in [0.1, 0.15) is 0 Å². The van der Waals surface area contributed by atoms with Crippen LogP contribution in [0.3, 0.4) is 0 Å². The first-order valence-electron chi connectivity index (χ1n) is 6.39. The summed E-state index contributed by atoms with van der Waals surface area (Å²) in [5, 5.41) is 12.4. The molecule has 2 heterocycles. The predicted molar refractivity (Wildman–Crippen MR) is 74.2 cm³/mol. The van der Waals surface area contributed by atoms with Gasteiger partial charge in [-0.05, 0) is 12.1 Å². The number of carboxylic acids is 1. The molecule has 3 rings (SSSR count). The third kappa shape index (κ3) is 2.20. The van der Waals surface area contributed by atoms with E-state index in [-0.39, 0.29) is 5.69 Å². The SMILES string of the molecule is CN1CCN(Cc2cc(C(=O)O)no2)c2ccccc21. The van der Waals surface area contributed by atoms with Crippen molar-refractivity contribution < 1.29 is 14.4 Å². The van der Waals surface area contributed by atoms with Gasteiger partial charge in [0.2, 0.25) is 0 Å². The van der Waals surface area contributed by atoms with Gasteiger partial charge in [0.25, 0.3) is 0 Å². The van der Waals surface area contributed by atoms with Gasteiger partial charge >= 0.3 is 5.97 Å². The van der Waals surface area contributed by atoms with E-state index in [0.29, 0.717) is 12.3 Å². The minimum atomic E-state index is -1.07. The minimum Gasteiger partial charge on any atom is -0.476 e. The summed E-state index contributed by atoms with van der Waals surface area (Å²) in [5.41, 5.74) is 2.23. The van der Waals surface area contributed by atoms with Crippen molar-refractivity contribution in [3.63, 3.8) is 0 Å². The molecule has 1 aromatic carbocycles. The Labute approximate surface area is 116 Å². The lowest BCUT2D eigenvalue weighted by Gasteiger charge is -2.36. The van der Waals surface area contributed by atoms with Crippen molar-refractivity contribution in [3.05, 3.63) is 41.8 Å². The predicted octanol–water partition coefficient (Wildman–Crippen LogP) is 1.83. The molecule has 0 saturated heterocycles. The molecule has 0 aliphatic carbocycles. The second-order valence-electron chi connectivity index (χ2n) is 4.82. The van der Waals surface area contributed by atoms with Crippen LogP contribution in [0, 0.1) is 0 Å². The molecule has 1 aliphatic heterocycles. The third-order valence-electron chi connectivity index (χ3n) is 3.46. The first kappa shape index (κ1) is 12.5. The van der Waals surface area contributed by atoms with Crippen molar-refractivity contribution in [1.82, 2.24) is 5.16 Å². The zero-order valence-corrected chi connectivity index (χ0v) is 11.1. The molecule has 20 heavy (non-hydrogen) atoms. The third-order valence-corrected chi connectivity index (χ3v) is 3.46. The zero-order chi connectivity index (χ0) is 14.1. The van der Waals surface area contributed by atoms with Crippen LogP contribution in [0.2, 0.25) is 0 Å². The first-order valence-corrected chi connectivity index (χ1v) is 6.39. The zero-order valence-electron chi connectivity index (χ0n) is 11.1. The summed E-state index contributed by atoms with van der Waals surface area (Å²) in [6.07, 6.45) is 0. The monoisotopic (exact) mass is 273 g/mol. The molecule has 1 N–H and O–H groups in total. The van der Waals surface area contributed by atoms with Crippen LogP contribution in [0.4, 0.5) is 11.4 Å². The Morgan fingerprint density at radius 3 is 2.80 bits per heavy atom. The molecule has 0 atom stereocenters. The van der Waals surface area contributed by atoms with Crippen molar-refractivity contribution in [2.75, 3.05) is 29.9 Å². The summed E-state index contributed by atoms with van der Waals surface area (Å²) in [4.78, 5) is 15.2. The summed E-state index contributed by atoms with van der Waals surface area (Å²) in [5.74, 6) is -0.513. The summed E-state index contributed by atoms with van der Waals surface area (Å²) >= 11 is 0. The fourth-order valence-corrected chi connectivity index (χ4v) is 2.41. The van der Waals surface area contributed by atoms with Gasteiger partial charge in [-0.25, -0.2) is 4.79 Å². The number of likely N-dealkylation sites (N-methyl/N-ethyl adjacent to an activating group) is 1. The number of carbonyl (C=O) groups is 1. The molecule has 0 spiro atoms. The molecule has 0 saturated carbocycles. The highest BCUT2D eigenvalue weighted by atomic mass is 16.5. The number of nitrogens with zero attached hydrogens (tertiary/aromatic N) is 3. The Balaban J connectivity index is 1.84. The molecule has 2 aromatic rings. The Kier molecular flexibility index (Phi) is 3.06. The van der Waals surface area contributed by atoms with Crippen LogP contribution in [0.5, 0.6) is 0 Å². The number of para-hydroxylation sites is 2. The van der Waals surface area contributed by atoms with Crippen LogP contribution in [0.25, 0.3) is 0 Å². The topological polar surface area (TPSA) is 69.8 Å². The van der Waals surface area contributed by atoms with Crippen molar-refractivity contribution in [2.45, 2.75) is 6.54 Å². The highest BCUT2D eigenvalue weighted by Crippen LogP contribution is 2.32. The number of anilines is 2. The Morgan fingerprint density at radius 2 is 2.10 bits per heavy atom. The Bertz CT molecular complexity index is 638. The Morgan fingerprint density at radius 1 is 1.35 bits per heavy atom. The number of aromatic nitrogens is 1. The molecule has 1 aromatic heterocycles. The van der Waals surface area contributed by atoms with Gasteiger partial charge in [-0.15, -0.1) is 0 Å². The normalized spacial score (nSPS) is 14.2. The van der Waals surface area contributed by atoms with E-state index in [1.54, 1.807) is 0 Å². The quantitative estimate of drug-likeness (QED) is 0.920. The number of benzene rings is 1. The Hall–Kier alpha value is -2.50. The van der Waals surface area contributed by atoms with Gasteiger partial charge in [0.05, 0.1) is 17.9 Å². The fourth-order valence-electron chi connectivity index (χ4n) is 2.41. The lowest BCUT2D eigenvalue weighted by atomic mass is 10.1. The van der Waals surface area contributed by atoms with Crippen molar-refractivity contribution in [2.24, 2.45) is 0 Å². The standard InChI is InChI=1S/C14H15N3O3/c1-16-6-7-17(13-5-3-2-4-12(13)16)9-10-8-11(14(18)19)15-20-10/h2-5,8H,6-7,9H2,1H3,(H,18,19). The summed E-state index contributed by atoms with van der Waals surface area (Å²) in [7, 11) is 2.06. The van der Waals surface area contributed by atoms with E-state index in [1.165, 1.54) is 6.07 Å². The number of rotatable bonds is 3. The smallest absolute Gasteiger partial charge is 0.358 e. The van der Waals surface area contributed by atoms with E-state index in [2.05, 4.69) is 34.1 Å². The van der Waals surface area contributed by atoms with Crippen LogP contribution in [0.15, 0.2) is 34.9 Å². The summed E-state index contributed by atoms with van der Waals surface area (Å²) in [6, 6.07) is 9.61. The minimum absolute atomic E-state index is 0.0533. The number of hydrogen-bond acceptors (Lipinski definition) is 5. The molecule has 1 aliphatic rings. The van der Waals surface area contributed by atoms with Gasteiger partial charge in [0.15, 0.2) is 11.5 Å². The molecule has 104 valence electrons. The molecular formula is C14H15N3O3. The molecule has 0 unspecified atom stereocenters. The second-order valence-corrected chi connectivity index (χ2v) is 4.82. The number of aromatic carboxylic acids is 1. The largest absolute Gasteiger partial charge is 0.476 e. The highest BCUT2D eigenvalue weighted by Gasteiger charge is 2.21. The van der Waals surface area contributed by atoms with E-state index < -0.39 is 5.97 Å².